The van der Waals surface area contributed by atoms with Crippen LogP contribution in [0.3, 0.4) is 0 Å². The smallest absolute Gasteiger partial charge is 0.289 e. The predicted octanol–water partition coefficient (Wildman–Crippen LogP) is 2.86. The van der Waals surface area contributed by atoms with Crippen LogP contribution in [0.15, 0.2) is 5.18 Å². The first-order chi connectivity index (χ1) is 7.92. The predicted molar refractivity (Wildman–Crippen MR) is 68.6 cm³/mol. The van der Waals surface area contributed by atoms with Gasteiger partial charge in [-0.1, -0.05) is 20.8 Å². The minimum atomic E-state index is -0.460. The lowest BCUT2D eigenvalue weighted by atomic mass is 9.85. The van der Waals surface area contributed by atoms with E-state index in [9.17, 15) is 9.70 Å². The van der Waals surface area contributed by atoms with E-state index in [0.29, 0.717) is 11.5 Å². The van der Waals surface area contributed by atoms with Crippen LogP contribution in [0, 0.1) is 16.2 Å². The maximum absolute atomic E-state index is 11.1. The van der Waals surface area contributed by atoms with Crippen molar-refractivity contribution in [1.29, 1.82) is 0 Å². The Kier molecular flexibility index (Phi) is 5.25. The van der Waals surface area contributed by atoms with Crippen LogP contribution in [0.4, 0.5) is 0 Å². The van der Waals surface area contributed by atoms with Crippen molar-refractivity contribution >= 4 is 5.91 Å². The van der Waals surface area contributed by atoms with E-state index in [1.807, 2.05) is 0 Å². The molecule has 4 nitrogen and oxygen atoms in total. The molecule has 98 valence electrons. The number of nitrogens with one attached hydrogen (secondary N) is 1. The Bertz CT molecular complexity index is 263. The first-order valence-corrected chi connectivity index (χ1v) is 6.53. The summed E-state index contributed by atoms with van der Waals surface area (Å²) in [7, 11) is 0. The van der Waals surface area contributed by atoms with E-state index in [-0.39, 0.29) is 5.92 Å². The summed E-state index contributed by atoms with van der Waals surface area (Å²) in [4.78, 5) is 21.3. The molecule has 1 aliphatic rings. The molecule has 1 rings (SSSR count). The molecule has 1 aliphatic carbocycles. The van der Waals surface area contributed by atoms with Gasteiger partial charge in [0, 0.05) is 17.1 Å². The molecule has 0 spiro atoms. The van der Waals surface area contributed by atoms with Gasteiger partial charge in [0.15, 0.2) is 0 Å². The molecule has 0 saturated heterocycles. The standard InChI is InChI=1S/C13H24N2O2/c1-13(2,3)8-9-14-11-6-4-10(5-7-11)12(16)15-17/h10-11,14H,4-9H2,1-3H3. The summed E-state index contributed by atoms with van der Waals surface area (Å²) in [6.07, 6.45) is 4.73. The summed E-state index contributed by atoms with van der Waals surface area (Å²) in [5.74, 6) is -0.577. The van der Waals surface area contributed by atoms with Crippen LogP contribution >= 0.6 is 0 Å². The molecule has 0 atom stereocenters. The van der Waals surface area contributed by atoms with Crippen molar-refractivity contribution in [3.63, 3.8) is 0 Å². The molecule has 1 N–H and O–H groups in total. The zero-order valence-electron chi connectivity index (χ0n) is 11.2. The lowest BCUT2D eigenvalue weighted by Crippen LogP contribution is -2.36. The fraction of sp³-hybridized carbons (Fsp3) is 0.923. The minimum absolute atomic E-state index is 0.117. The Morgan fingerprint density at radius 2 is 1.82 bits per heavy atom. The van der Waals surface area contributed by atoms with Crippen LogP contribution in [0.2, 0.25) is 0 Å². The topological polar surface area (TPSA) is 58.5 Å². The Morgan fingerprint density at radius 3 is 2.29 bits per heavy atom. The van der Waals surface area contributed by atoms with Crippen LogP contribution in [0.1, 0.15) is 52.9 Å². The van der Waals surface area contributed by atoms with Crippen molar-refractivity contribution in [1.82, 2.24) is 5.32 Å². The highest BCUT2D eigenvalue weighted by Gasteiger charge is 2.26. The average molecular weight is 240 g/mol. The molecule has 0 aromatic carbocycles. The third-order valence-corrected chi connectivity index (χ3v) is 3.47. The molecular formula is C13H24N2O2. The normalized spacial score (nSPS) is 25.6. The van der Waals surface area contributed by atoms with E-state index in [1.54, 1.807) is 0 Å². The zero-order chi connectivity index (χ0) is 12.9. The van der Waals surface area contributed by atoms with Crippen LogP contribution in [-0.2, 0) is 4.79 Å². The number of nitrogens with zero attached hydrogens (tertiary/aromatic N) is 1. The lowest BCUT2D eigenvalue weighted by Gasteiger charge is -2.28. The van der Waals surface area contributed by atoms with Crippen LogP contribution in [0.25, 0.3) is 0 Å². The second-order valence-electron chi connectivity index (χ2n) is 6.24. The van der Waals surface area contributed by atoms with Gasteiger partial charge in [-0.3, -0.25) is 4.79 Å². The molecule has 0 unspecified atom stereocenters. The summed E-state index contributed by atoms with van der Waals surface area (Å²) in [5.41, 5.74) is 0.363. The highest BCUT2D eigenvalue weighted by Crippen LogP contribution is 2.25. The Morgan fingerprint density at radius 1 is 1.24 bits per heavy atom. The fourth-order valence-electron chi connectivity index (χ4n) is 2.27. The number of carbonyl (C=O) groups is 1. The number of amides is 1. The van der Waals surface area contributed by atoms with E-state index in [4.69, 9.17) is 0 Å². The monoisotopic (exact) mass is 240 g/mol. The van der Waals surface area contributed by atoms with E-state index >= 15 is 0 Å². The Balaban J connectivity index is 2.19. The van der Waals surface area contributed by atoms with Gasteiger partial charge < -0.3 is 5.32 Å². The molecule has 1 amide bonds. The Labute approximate surface area is 104 Å². The van der Waals surface area contributed by atoms with E-state index in [2.05, 4.69) is 31.3 Å². The first-order valence-electron chi connectivity index (χ1n) is 6.53. The molecule has 0 bridgehead atoms. The van der Waals surface area contributed by atoms with Crippen molar-refractivity contribution in [2.24, 2.45) is 16.5 Å². The van der Waals surface area contributed by atoms with Gasteiger partial charge in [0.1, 0.15) is 0 Å². The highest BCUT2D eigenvalue weighted by molar-refractivity contribution is 5.79. The van der Waals surface area contributed by atoms with E-state index in [1.165, 1.54) is 0 Å². The second-order valence-corrected chi connectivity index (χ2v) is 6.24. The van der Waals surface area contributed by atoms with Crippen molar-refractivity contribution in [2.75, 3.05) is 6.54 Å². The summed E-state index contributed by atoms with van der Waals surface area (Å²) >= 11 is 0. The average Bonchev–Trinajstić information content (AvgIpc) is 2.27. The van der Waals surface area contributed by atoms with Gasteiger partial charge in [-0.2, -0.15) is 0 Å². The summed E-state index contributed by atoms with van der Waals surface area (Å²) < 4.78 is 0. The summed E-state index contributed by atoms with van der Waals surface area (Å²) in [5, 5.41) is 6.06. The maximum atomic E-state index is 11.1. The zero-order valence-corrected chi connectivity index (χ0v) is 11.2. The number of hydrogen-bond donors (Lipinski definition) is 1. The molecule has 0 radical (unpaired) electrons. The second kappa shape index (κ2) is 6.24. The van der Waals surface area contributed by atoms with Crippen molar-refractivity contribution in [3.05, 3.63) is 4.91 Å². The van der Waals surface area contributed by atoms with Crippen molar-refractivity contribution in [3.8, 4) is 0 Å². The molecule has 4 heteroatoms. The fourth-order valence-corrected chi connectivity index (χ4v) is 2.27. The van der Waals surface area contributed by atoms with Crippen molar-refractivity contribution in [2.45, 2.75) is 58.9 Å². The molecule has 1 saturated carbocycles. The SMILES string of the molecule is CC(C)(C)CCNC1CCC(C(=O)N=O)CC1. The number of rotatable bonds is 4. The van der Waals surface area contributed by atoms with Gasteiger partial charge in [-0.25, -0.2) is 0 Å². The van der Waals surface area contributed by atoms with Gasteiger partial charge >= 0.3 is 0 Å². The van der Waals surface area contributed by atoms with Gasteiger partial charge in [-0.05, 0) is 44.1 Å². The molecule has 0 aliphatic heterocycles. The first kappa shape index (κ1) is 14.3. The molecule has 0 aromatic heterocycles. The lowest BCUT2D eigenvalue weighted by molar-refractivity contribution is -0.122. The van der Waals surface area contributed by atoms with Crippen LogP contribution in [0.5, 0.6) is 0 Å². The molecule has 1 fully saturated rings. The highest BCUT2D eigenvalue weighted by atomic mass is 16.3. The summed E-state index contributed by atoms with van der Waals surface area (Å²) in [6.45, 7) is 7.73. The molecule has 0 aromatic rings. The maximum Gasteiger partial charge on any atom is 0.289 e. The van der Waals surface area contributed by atoms with E-state index in [0.717, 1.165) is 38.6 Å². The largest absolute Gasteiger partial charge is 0.314 e. The number of hydrogen-bond acceptors (Lipinski definition) is 3. The Hall–Kier alpha value is -0.770. The number of carbonyl (C=O) groups excluding carboxylic acids is 1. The molecule has 0 heterocycles. The minimum Gasteiger partial charge on any atom is -0.314 e. The molecular weight excluding hydrogens is 216 g/mol. The third kappa shape index (κ3) is 5.39. The van der Waals surface area contributed by atoms with E-state index < -0.39 is 5.91 Å². The van der Waals surface area contributed by atoms with Crippen LogP contribution in [-0.4, -0.2) is 18.5 Å². The van der Waals surface area contributed by atoms with Gasteiger partial charge in [-0.15, -0.1) is 4.91 Å². The van der Waals surface area contributed by atoms with Crippen LogP contribution < -0.4 is 5.32 Å². The van der Waals surface area contributed by atoms with Gasteiger partial charge in [0.05, 0.1) is 0 Å². The summed E-state index contributed by atoms with van der Waals surface area (Å²) in [6, 6.07) is 0.507. The van der Waals surface area contributed by atoms with Gasteiger partial charge in [0.25, 0.3) is 5.91 Å². The third-order valence-electron chi connectivity index (χ3n) is 3.47. The molecule has 17 heavy (non-hydrogen) atoms. The number of nitroso groups, excluding NO2 is 1. The van der Waals surface area contributed by atoms with Crippen molar-refractivity contribution < 1.29 is 4.79 Å². The van der Waals surface area contributed by atoms with Gasteiger partial charge in [0.2, 0.25) is 0 Å². The quantitative estimate of drug-likeness (QED) is 0.769.